The van der Waals surface area contributed by atoms with E-state index in [2.05, 4.69) is 5.32 Å². The monoisotopic (exact) mass is 223 g/mol. The van der Waals surface area contributed by atoms with Gasteiger partial charge in [0.2, 0.25) is 5.91 Å². The molecule has 0 aliphatic carbocycles. The average Bonchev–Trinajstić information content (AvgIpc) is 2.09. The highest BCUT2D eigenvalue weighted by atomic mass is 32.2. The Kier molecular flexibility index (Phi) is 5.71. The SMILES string of the molecule is CCC(C)C(=O)NCCCS(=O)(=O)O. The molecule has 0 saturated heterocycles. The van der Waals surface area contributed by atoms with E-state index >= 15 is 0 Å². The predicted molar refractivity (Wildman–Crippen MR) is 53.5 cm³/mol. The van der Waals surface area contributed by atoms with Crippen molar-refractivity contribution in [3.05, 3.63) is 0 Å². The summed E-state index contributed by atoms with van der Waals surface area (Å²) in [7, 11) is -3.90. The van der Waals surface area contributed by atoms with E-state index in [9.17, 15) is 13.2 Å². The molecule has 5 nitrogen and oxygen atoms in total. The standard InChI is InChI=1S/C8H17NO4S/c1-3-7(2)8(10)9-5-4-6-14(11,12)13/h7H,3-6H2,1-2H3,(H,9,10)(H,11,12,13). The Balaban J connectivity index is 3.61. The van der Waals surface area contributed by atoms with Crippen molar-refractivity contribution in [1.29, 1.82) is 0 Å². The van der Waals surface area contributed by atoms with Crippen molar-refractivity contribution in [2.45, 2.75) is 26.7 Å². The zero-order chi connectivity index (χ0) is 11.2. The smallest absolute Gasteiger partial charge is 0.264 e. The van der Waals surface area contributed by atoms with Crippen LogP contribution in [0.15, 0.2) is 0 Å². The van der Waals surface area contributed by atoms with E-state index in [-0.39, 0.29) is 30.5 Å². The van der Waals surface area contributed by atoms with Crippen molar-refractivity contribution in [2.75, 3.05) is 12.3 Å². The Morgan fingerprint density at radius 3 is 2.50 bits per heavy atom. The molecule has 0 rings (SSSR count). The van der Waals surface area contributed by atoms with Crippen LogP contribution < -0.4 is 5.32 Å². The number of rotatable bonds is 6. The van der Waals surface area contributed by atoms with Crippen molar-refractivity contribution < 1.29 is 17.8 Å². The fourth-order valence-electron chi connectivity index (χ4n) is 0.826. The third-order valence-electron chi connectivity index (χ3n) is 1.94. The van der Waals surface area contributed by atoms with E-state index in [0.29, 0.717) is 0 Å². The summed E-state index contributed by atoms with van der Waals surface area (Å²) >= 11 is 0. The molecule has 84 valence electrons. The summed E-state index contributed by atoms with van der Waals surface area (Å²) in [5, 5.41) is 2.59. The van der Waals surface area contributed by atoms with Gasteiger partial charge in [-0.25, -0.2) is 0 Å². The van der Waals surface area contributed by atoms with Gasteiger partial charge in [0.25, 0.3) is 10.1 Å². The molecule has 0 aliphatic rings. The number of carbonyl (C=O) groups excluding carboxylic acids is 1. The van der Waals surface area contributed by atoms with Crippen LogP contribution >= 0.6 is 0 Å². The molecule has 1 amide bonds. The molecule has 1 unspecified atom stereocenters. The highest BCUT2D eigenvalue weighted by Crippen LogP contribution is 1.99. The van der Waals surface area contributed by atoms with E-state index in [4.69, 9.17) is 4.55 Å². The Labute approximate surface area is 84.6 Å². The van der Waals surface area contributed by atoms with Gasteiger partial charge in [-0.2, -0.15) is 8.42 Å². The second kappa shape index (κ2) is 5.98. The van der Waals surface area contributed by atoms with E-state index < -0.39 is 10.1 Å². The minimum absolute atomic E-state index is 0.0549. The molecule has 0 fully saturated rings. The zero-order valence-corrected chi connectivity index (χ0v) is 9.30. The minimum atomic E-state index is -3.90. The lowest BCUT2D eigenvalue weighted by molar-refractivity contribution is -0.124. The molecule has 14 heavy (non-hydrogen) atoms. The van der Waals surface area contributed by atoms with Crippen molar-refractivity contribution >= 4 is 16.0 Å². The van der Waals surface area contributed by atoms with Gasteiger partial charge in [-0.3, -0.25) is 9.35 Å². The Morgan fingerprint density at radius 1 is 1.50 bits per heavy atom. The van der Waals surface area contributed by atoms with Crippen LogP contribution in [0.5, 0.6) is 0 Å². The lowest BCUT2D eigenvalue weighted by atomic mass is 10.1. The molecule has 6 heteroatoms. The van der Waals surface area contributed by atoms with Crippen LogP contribution in [0.25, 0.3) is 0 Å². The first-order valence-corrected chi connectivity index (χ1v) is 6.20. The molecule has 0 aromatic heterocycles. The van der Waals surface area contributed by atoms with Gasteiger partial charge in [-0.1, -0.05) is 13.8 Å². The van der Waals surface area contributed by atoms with Gasteiger partial charge in [0, 0.05) is 12.5 Å². The fourth-order valence-corrected chi connectivity index (χ4v) is 1.33. The lowest BCUT2D eigenvalue weighted by Gasteiger charge is -2.08. The molecule has 0 aliphatic heterocycles. The van der Waals surface area contributed by atoms with Crippen molar-refractivity contribution in [2.24, 2.45) is 5.92 Å². The number of nitrogens with one attached hydrogen (secondary N) is 1. The molecule has 0 aromatic rings. The molecular weight excluding hydrogens is 206 g/mol. The van der Waals surface area contributed by atoms with Gasteiger partial charge in [0.15, 0.2) is 0 Å². The van der Waals surface area contributed by atoms with Gasteiger partial charge in [0.1, 0.15) is 0 Å². The van der Waals surface area contributed by atoms with Gasteiger partial charge >= 0.3 is 0 Å². The van der Waals surface area contributed by atoms with Gasteiger partial charge in [-0.05, 0) is 12.8 Å². The highest BCUT2D eigenvalue weighted by Gasteiger charge is 2.10. The molecule has 0 heterocycles. The lowest BCUT2D eigenvalue weighted by Crippen LogP contribution is -2.30. The average molecular weight is 223 g/mol. The third kappa shape index (κ3) is 6.85. The van der Waals surface area contributed by atoms with Gasteiger partial charge < -0.3 is 5.32 Å². The summed E-state index contributed by atoms with van der Waals surface area (Å²) in [4.78, 5) is 11.2. The Bertz CT molecular complexity index is 273. The number of carbonyl (C=O) groups is 1. The van der Waals surface area contributed by atoms with Crippen molar-refractivity contribution in [1.82, 2.24) is 5.32 Å². The first kappa shape index (κ1) is 13.4. The maximum Gasteiger partial charge on any atom is 0.264 e. The molecular formula is C8H17NO4S. The van der Waals surface area contributed by atoms with Crippen LogP contribution in [-0.4, -0.2) is 31.2 Å². The zero-order valence-electron chi connectivity index (χ0n) is 8.49. The first-order chi connectivity index (χ1) is 6.37. The normalized spacial score (nSPS) is 13.6. The molecule has 0 spiro atoms. The Hall–Kier alpha value is -0.620. The third-order valence-corrected chi connectivity index (χ3v) is 2.74. The van der Waals surface area contributed by atoms with Crippen LogP contribution in [0.4, 0.5) is 0 Å². The maximum atomic E-state index is 11.2. The molecule has 0 bridgehead atoms. The largest absolute Gasteiger partial charge is 0.356 e. The molecule has 1 atom stereocenters. The van der Waals surface area contributed by atoms with Crippen LogP contribution in [0.3, 0.4) is 0 Å². The van der Waals surface area contributed by atoms with E-state index in [1.807, 2.05) is 6.92 Å². The predicted octanol–water partition coefficient (Wildman–Crippen LogP) is 0.427. The Morgan fingerprint density at radius 2 is 2.07 bits per heavy atom. The second-order valence-electron chi connectivity index (χ2n) is 3.24. The molecule has 0 aromatic carbocycles. The number of hydrogen-bond donors (Lipinski definition) is 2. The van der Waals surface area contributed by atoms with Crippen LogP contribution in [0.1, 0.15) is 26.7 Å². The van der Waals surface area contributed by atoms with Gasteiger partial charge in [0.05, 0.1) is 5.75 Å². The van der Waals surface area contributed by atoms with Crippen molar-refractivity contribution in [3.63, 3.8) is 0 Å². The van der Waals surface area contributed by atoms with Crippen LogP contribution in [0, 0.1) is 5.92 Å². The summed E-state index contributed by atoms with van der Waals surface area (Å²) in [5.74, 6) is -0.447. The maximum absolute atomic E-state index is 11.2. The summed E-state index contributed by atoms with van der Waals surface area (Å²) in [6.45, 7) is 3.99. The molecule has 0 radical (unpaired) electrons. The summed E-state index contributed by atoms with van der Waals surface area (Å²) in [6, 6.07) is 0. The molecule has 2 N–H and O–H groups in total. The van der Waals surface area contributed by atoms with Crippen LogP contribution in [-0.2, 0) is 14.9 Å². The van der Waals surface area contributed by atoms with E-state index in [1.165, 1.54) is 0 Å². The highest BCUT2D eigenvalue weighted by molar-refractivity contribution is 7.85. The van der Waals surface area contributed by atoms with E-state index in [0.717, 1.165) is 6.42 Å². The summed E-state index contributed by atoms with van der Waals surface area (Å²) in [5.41, 5.74) is 0. The quantitative estimate of drug-likeness (QED) is 0.505. The van der Waals surface area contributed by atoms with Crippen LogP contribution in [0.2, 0.25) is 0 Å². The summed E-state index contributed by atoms with van der Waals surface area (Å²) < 4.78 is 29.0. The second-order valence-corrected chi connectivity index (χ2v) is 4.81. The van der Waals surface area contributed by atoms with E-state index in [1.54, 1.807) is 6.92 Å². The van der Waals surface area contributed by atoms with Gasteiger partial charge in [-0.15, -0.1) is 0 Å². The first-order valence-electron chi connectivity index (χ1n) is 4.59. The topological polar surface area (TPSA) is 83.5 Å². The van der Waals surface area contributed by atoms with Crippen molar-refractivity contribution in [3.8, 4) is 0 Å². The fraction of sp³-hybridized carbons (Fsp3) is 0.875. The number of amides is 1. The molecule has 0 saturated carbocycles. The number of hydrogen-bond acceptors (Lipinski definition) is 3. The summed E-state index contributed by atoms with van der Waals surface area (Å²) in [6.07, 6.45) is 0.991. The minimum Gasteiger partial charge on any atom is -0.356 e.